The quantitative estimate of drug-likeness (QED) is 0.507. The highest BCUT2D eigenvalue weighted by molar-refractivity contribution is 6.04. The molecule has 0 aliphatic rings. The molecule has 3 rings (SSSR count). The van der Waals surface area contributed by atoms with Gasteiger partial charge in [-0.3, -0.25) is 4.79 Å². The highest BCUT2D eigenvalue weighted by atomic mass is 16.3. The zero-order valence-corrected chi connectivity index (χ0v) is 17.3. The summed E-state index contributed by atoms with van der Waals surface area (Å²) in [5, 5.41) is 15.5. The number of aromatic nitrogens is 2. The number of nitrogens with zero attached hydrogens (tertiary/aromatic N) is 3. The van der Waals surface area contributed by atoms with Gasteiger partial charge in [-0.1, -0.05) is 48.5 Å². The average molecular weight is 406 g/mol. The van der Waals surface area contributed by atoms with Crippen LogP contribution >= 0.6 is 0 Å². The smallest absolute Gasteiger partial charge is 0.274 e. The highest BCUT2D eigenvalue weighted by Crippen LogP contribution is 2.20. The van der Waals surface area contributed by atoms with Gasteiger partial charge in [0.25, 0.3) is 5.91 Å². The van der Waals surface area contributed by atoms with E-state index in [0.717, 1.165) is 17.7 Å². The van der Waals surface area contributed by atoms with Crippen LogP contribution in [0, 0.1) is 0 Å². The van der Waals surface area contributed by atoms with Crippen molar-refractivity contribution in [2.75, 3.05) is 44.4 Å². The summed E-state index contributed by atoms with van der Waals surface area (Å²) in [7, 11) is 4.00. The van der Waals surface area contributed by atoms with Crippen LogP contribution in [0.3, 0.4) is 0 Å². The molecule has 3 aromatic rings. The molecule has 7 nitrogen and oxygen atoms in total. The minimum Gasteiger partial charge on any atom is -0.396 e. The summed E-state index contributed by atoms with van der Waals surface area (Å²) < 4.78 is 0. The summed E-state index contributed by atoms with van der Waals surface area (Å²) in [4.78, 5) is 24.1. The maximum Gasteiger partial charge on any atom is 0.274 e. The molecule has 0 saturated heterocycles. The molecule has 1 aromatic heterocycles. The Bertz CT molecular complexity index is 976. The third kappa shape index (κ3) is 5.85. The van der Waals surface area contributed by atoms with Gasteiger partial charge in [-0.2, -0.15) is 0 Å². The van der Waals surface area contributed by atoms with Crippen molar-refractivity contribution < 1.29 is 9.90 Å². The largest absolute Gasteiger partial charge is 0.396 e. The van der Waals surface area contributed by atoms with E-state index in [2.05, 4.69) is 25.5 Å². The van der Waals surface area contributed by atoms with Gasteiger partial charge >= 0.3 is 0 Å². The molecule has 0 saturated carbocycles. The third-order valence-corrected chi connectivity index (χ3v) is 4.50. The first-order valence-electron chi connectivity index (χ1n) is 9.90. The van der Waals surface area contributed by atoms with Gasteiger partial charge < -0.3 is 20.6 Å². The van der Waals surface area contributed by atoms with Crippen LogP contribution in [0.5, 0.6) is 0 Å². The van der Waals surface area contributed by atoms with Crippen molar-refractivity contribution in [3.8, 4) is 11.4 Å². The number of benzene rings is 2. The van der Waals surface area contributed by atoms with Gasteiger partial charge in [0.2, 0.25) is 0 Å². The topological polar surface area (TPSA) is 90.4 Å². The van der Waals surface area contributed by atoms with Crippen molar-refractivity contribution in [1.29, 1.82) is 0 Å². The van der Waals surface area contributed by atoms with E-state index < -0.39 is 0 Å². The summed E-state index contributed by atoms with van der Waals surface area (Å²) in [5.41, 5.74) is 2.65. The molecule has 1 heterocycles. The minimum absolute atomic E-state index is 0.0124. The Morgan fingerprint density at radius 2 is 1.77 bits per heavy atom. The number of likely N-dealkylation sites (N-methyl/N-ethyl adjacent to an activating group) is 1. The van der Waals surface area contributed by atoms with Crippen LogP contribution < -0.4 is 10.6 Å². The fourth-order valence-electron chi connectivity index (χ4n) is 2.95. The normalized spacial score (nSPS) is 10.8. The Labute approximate surface area is 176 Å². The molecule has 1 amide bonds. The molecule has 0 unspecified atom stereocenters. The number of nitrogens with one attached hydrogen (secondary N) is 2. The Morgan fingerprint density at radius 3 is 2.50 bits per heavy atom. The van der Waals surface area contributed by atoms with E-state index in [1.54, 1.807) is 6.07 Å². The maximum absolute atomic E-state index is 13.0. The molecule has 2 aromatic carbocycles. The molecular formula is C23H27N5O2. The van der Waals surface area contributed by atoms with Crippen molar-refractivity contribution in [1.82, 2.24) is 14.9 Å². The SMILES string of the molecule is CN(C)CCNc1cc(C(=O)Nc2ccccc2CCO)nc(-c2ccccc2)n1. The fraction of sp³-hybridized carbons (Fsp3) is 0.261. The molecule has 7 heteroatoms. The first-order chi connectivity index (χ1) is 14.6. The Balaban J connectivity index is 1.89. The van der Waals surface area contributed by atoms with Gasteiger partial charge in [0, 0.05) is 37.0 Å². The monoisotopic (exact) mass is 405 g/mol. The summed E-state index contributed by atoms with van der Waals surface area (Å²) in [5.74, 6) is 0.759. The van der Waals surface area contributed by atoms with Crippen molar-refractivity contribution >= 4 is 17.4 Å². The lowest BCUT2D eigenvalue weighted by atomic mass is 10.1. The van der Waals surface area contributed by atoms with E-state index in [1.807, 2.05) is 68.7 Å². The van der Waals surface area contributed by atoms with Crippen LogP contribution in [0.15, 0.2) is 60.7 Å². The summed E-state index contributed by atoms with van der Waals surface area (Å²) in [6.45, 7) is 1.54. The lowest BCUT2D eigenvalue weighted by Crippen LogP contribution is -2.22. The molecule has 0 atom stereocenters. The zero-order valence-electron chi connectivity index (χ0n) is 17.3. The van der Waals surface area contributed by atoms with Gasteiger partial charge in [-0.25, -0.2) is 9.97 Å². The number of carbonyl (C=O) groups excluding carboxylic acids is 1. The first-order valence-corrected chi connectivity index (χ1v) is 9.90. The molecule has 3 N–H and O–H groups in total. The molecule has 0 aliphatic heterocycles. The standard InChI is InChI=1S/C23H27N5O2/c1-28(2)14-13-24-21-16-20(25-22(27-21)18-9-4-3-5-10-18)23(30)26-19-11-7-6-8-17(19)12-15-29/h3-11,16,29H,12-15H2,1-2H3,(H,26,30)(H,24,25,27). The first kappa shape index (κ1) is 21.4. The molecular weight excluding hydrogens is 378 g/mol. The zero-order chi connectivity index (χ0) is 21.3. The van der Waals surface area contributed by atoms with E-state index in [0.29, 0.717) is 30.3 Å². The molecule has 0 spiro atoms. The predicted octanol–water partition coefficient (Wildman–Crippen LogP) is 2.90. The van der Waals surface area contributed by atoms with Crippen molar-refractivity contribution in [3.63, 3.8) is 0 Å². The molecule has 0 aliphatic carbocycles. The van der Waals surface area contributed by atoms with Gasteiger partial charge in [0.1, 0.15) is 11.5 Å². The summed E-state index contributed by atoms with van der Waals surface area (Å²) >= 11 is 0. The number of anilines is 2. The van der Waals surface area contributed by atoms with E-state index in [4.69, 9.17) is 0 Å². The van der Waals surface area contributed by atoms with Crippen LogP contribution in [0.1, 0.15) is 16.1 Å². The number of amides is 1. The summed E-state index contributed by atoms with van der Waals surface area (Å²) in [6.07, 6.45) is 0.465. The predicted molar refractivity (Wildman–Crippen MR) is 120 cm³/mol. The maximum atomic E-state index is 13.0. The van der Waals surface area contributed by atoms with Crippen LogP contribution in [0.2, 0.25) is 0 Å². The lowest BCUT2D eigenvalue weighted by molar-refractivity contribution is 0.102. The van der Waals surface area contributed by atoms with E-state index in [9.17, 15) is 9.90 Å². The van der Waals surface area contributed by atoms with Gasteiger partial charge in [-0.05, 0) is 32.1 Å². The number of aliphatic hydroxyl groups is 1. The van der Waals surface area contributed by atoms with Crippen LogP contribution in [0.25, 0.3) is 11.4 Å². The van der Waals surface area contributed by atoms with Gasteiger partial charge in [-0.15, -0.1) is 0 Å². The van der Waals surface area contributed by atoms with Gasteiger partial charge in [0.05, 0.1) is 0 Å². The van der Waals surface area contributed by atoms with E-state index >= 15 is 0 Å². The van der Waals surface area contributed by atoms with Crippen molar-refractivity contribution in [2.45, 2.75) is 6.42 Å². The minimum atomic E-state index is -0.323. The highest BCUT2D eigenvalue weighted by Gasteiger charge is 2.15. The summed E-state index contributed by atoms with van der Waals surface area (Å²) in [6, 6.07) is 18.7. The Hall–Kier alpha value is -3.29. The average Bonchev–Trinajstić information content (AvgIpc) is 2.75. The van der Waals surface area contributed by atoms with E-state index in [-0.39, 0.29) is 18.2 Å². The Kier molecular flexibility index (Phi) is 7.48. The van der Waals surface area contributed by atoms with E-state index in [1.165, 1.54) is 0 Å². The molecule has 0 radical (unpaired) electrons. The number of carbonyl (C=O) groups is 1. The number of hydrogen-bond acceptors (Lipinski definition) is 6. The van der Waals surface area contributed by atoms with Gasteiger partial charge in [0.15, 0.2) is 5.82 Å². The molecule has 30 heavy (non-hydrogen) atoms. The van der Waals surface area contributed by atoms with Crippen LogP contribution in [0.4, 0.5) is 11.5 Å². The second kappa shape index (κ2) is 10.5. The Morgan fingerprint density at radius 1 is 1.03 bits per heavy atom. The second-order valence-electron chi connectivity index (χ2n) is 7.14. The number of aliphatic hydroxyl groups excluding tert-OH is 1. The number of hydrogen-bond donors (Lipinski definition) is 3. The second-order valence-corrected chi connectivity index (χ2v) is 7.14. The van der Waals surface area contributed by atoms with Crippen molar-refractivity contribution in [3.05, 3.63) is 71.9 Å². The number of rotatable bonds is 9. The molecule has 156 valence electrons. The number of para-hydroxylation sites is 1. The third-order valence-electron chi connectivity index (χ3n) is 4.50. The molecule has 0 fully saturated rings. The van der Waals surface area contributed by atoms with Crippen LogP contribution in [-0.2, 0) is 6.42 Å². The molecule has 0 bridgehead atoms. The fourth-order valence-corrected chi connectivity index (χ4v) is 2.95. The lowest BCUT2D eigenvalue weighted by Gasteiger charge is -2.14. The van der Waals surface area contributed by atoms with Crippen LogP contribution in [-0.4, -0.2) is 59.7 Å². The van der Waals surface area contributed by atoms with Crippen molar-refractivity contribution in [2.24, 2.45) is 0 Å².